The second-order valence-corrected chi connectivity index (χ2v) is 13.4. The van der Waals surface area contributed by atoms with E-state index in [-0.39, 0.29) is 16.5 Å². The first-order valence-corrected chi connectivity index (χ1v) is 17.1. The topological polar surface area (TPSA) is 102 Å². The largest absolute Gasteiger partial charge is 0.507 e. The van der Waals surface area contributed by atoms with E-state index in [4.69, 9.17) is 32.7 Å². The number of thioether (sulfide) groups is 1. The molecule has 1 aromatic heterocycles. The maximum Gasteiger partial charge on any atom is 0.301 e. The van der Waals surface area contributed by atoms with Crippen molar-refractivity contribution >= 4 is 68.9 Å². The summed E-state index contributed by atoms with van der Waals surface area (Å²) in [5.41, 5.74) is 2.77. The molecule has 1 atom stereocenters. The lowest BCUT2D eigenvalue weighted by atomic mass is 9.95. The van der Waals surface area contributed by atoms with Crippen molar-refractivity contribution in [2.45, 2.75) is 29.7 Å². The molecule has 1 fully saturated rings. The van der Waals surface area contributed by atoms with Crippen molar-refractivity contribution < 1.29 is 24.2 Å². The number of anilines is 1. The van der Waals surface area contributed by atoms with Crippen LogP contribution in [0, 0.1) is 0 Å². The predicted octanol–water partition coefficient (Wildman–Crippen LogP) is 8.74. The number of halogens is 2. The molecule has 4 aromatic carbocycles. The first kappa shape index (κ1) is 32.6. The Hall–Kier alpha value is -4.35. The fraction of sp³-hybridized carbons (Fsp3) is 0.143. The highest BCUT2D eigenvalue weighted by Crippen LogP contribution is 2.44. The zero-order chi connectivity index (χ0) is 32.9. The SMILES string of the molecule is CCOc1ccc(/C(O)=C2/C(=O)C(=O)N(c3nnc(SCc4ccc(Cl)cc4Cl)s3)C2c2ccc(OCc3ccccc3)cc2)cc1. The molecule has 1 N–H and O–H groups in total. The van der Waals surface area contributed by atoms with E-state index in [1.807, 2.05) is 43.3 Å². The third-order valence-electron chi connectivity index (χ3n) is 7.30. The van der Waals surface area contributed by atoms with Gasteiger partial charge in [-0.15, -0.1) is 10.2 Å². The van der Waals surface area contributed by atoms with Gasteiger partial charge in [0.25, 0.3) is 5.78 Å². The first-order chi connectivity index (χ1) is 22.8. The number of carbonyl (C=O) groups excluding carboxylic acids is 2. The highest BCUT2D eigenvalue weighted by molar-refractivity contribution is 8.00. The van der Waals surface area contributed by atoms with Crippen LogP contribution in [0.5, 0.6) is 11.5 Å². The molecule has 0 aliphatic carbocycles. The summed E-state index contributed by atoms with van der Waals surface area (Å²) in [5, 5.41) is 21.4. The van der Waals surface area contributed by atoms with Crippen LogP contribution in [0.1, 0.15) is 35.2 Å². The second-order valence-electron chi connectivity index (χ2n) is 10.3. The summed E-state index contributed by atoms with van der Waals surface area (Å²) in [7, 11) is 0. The summed E-state index contributed by atoms with van der Waals surface area (Å²) in [6.07, 6.45) is 0. The number of aromatic nitrogens is 2. The Balaban J connectivity index is 1.33. The number of ether oxygens (including phenoxy) is 2. The molecule has 47 heavy (non-hydrogen) atoms. The Labute approximate surface area is 289 Å². The highest BCUT2D eigenvalue weighted by atomic mass is 35.5. The van der Waals surface area contributed by atoms with Gasteiger partial charge in [-0.05, 0) is 72.1 Å². The van der Waals surface area contributed by atoms with Gasteiger partial charge in [0.1, 0.15) is 23.9 Å². The van der Waals surface area contributed by atoms with E-state index in [0.717, 1.165) is 11.1 Å². The number of rotatable bonds is 11. The predicted molar refractivity (Wildman–Crippen MR) is 186 cm³/mol. The lowest BCUT2D eigenvalue weighted by molar-refractivity contribution is -0.132. The molecule has 8 nitrogen and oxygen atoms in total. The van der Waals surface area contributed by atoms with Crippen LogP contribution in [-0.4, -0.2) is 33.6 Å². The molecule has 0 radical (unpaired) electrons. The van der Waals surface area contributed by atoms with Crippen LogP contribution in [0.2, 0.25) is 10.0 Å². The molecule has 0 spiro atoms. The summed E-state index contributed by atoms with van der Waals surface area (Å²) in [5.74, 6) is -0.236. The van der Waals surface area contributed by atoms with Crippen molar-refractivity contribution in [2.75, 3.05) is 11.5 Å². The Bertz CT molecular complexity index is 1930. The van der Waals surface area contributed by atoms with Gasteiger partial charge in [0.05, 0.1) is 18.2 Å². The number of amides is 1. The summed E-state index contributed by atoms with van der Waals surface area (Å²) < 4.78 is 12.1. The van der Waals surface area contributed by atoms with E-state index in [2.05, 4.69) is 10.2 Å². The van der Waals surface area contributed by atoms with Gasteiger partial charge in [-0.25, -0.2) is 0 Å². The van der Waals surface area contributed by atoms with Gasteiger partial charge in [-0.1, -0.05) is 94.8 Å². The Morgan fingerprint density at radius 3 is 2.32 bits per heavy atom. The van der Waals surface area contributed by atoms with Crippen LogP contribution in [-0.2, 0) is 21.9 Å². The van der Waals surface area contributed by atoms with E-state index >= 15 is 0 Å². The Morgan fingerprint density at radius 2 is 1.62 bits per heavy atom. The second kappa shape index (κ2) is 14.6. The average molecular weight is 705 g/mol. The summed E-state index contributed by atoms with van der Waals surface area (Å²) in [6, 6.07) is 27.9. The number of hydrogen-bond acceptors (Lipinski definition) is 9. The number of ketones is 1. The lowest BCUT2D eigenvalue weighted by Gasteiger charge is -2.22. The molecular weight excluding hydrogens is 677 g/mol. The zero-order valence-electron chi connectivity index (χ0n) is 24.9. The normalized spacial score (nSPS) is 15.6. The van der Waals surface area contributed by atoms with Crippen molar-refractivity contribution in [3.05, 3.63) is 135 Å². The third kappa shape index (κ3) is 7.31. The Kier molecular flexibility index (Phi) is 10.1. The van der Waals surface area contributed by atoms with Crippen LogP contribution < -0.4 is 14.4 Å². The highest BCUT2D eigenvalue weighted by Gasteiger charge is 2.48. The first-order valence-electron chi connectivity index (χ1n) is 14.5. The third-order valence-corrected chi connectivity index (χ3v) is 9.99. The molecule has 0 bridgehead atoms. The van der Waals surface area contributed by atoms with Crippen LogP contribution in [0.25, 0.3) is 5.76 Å². The standard InChI is InChI=1S/C35H27Cl2N3O5S2/c1-2-44-26-16-11-23(12-17-26)31(41)29-30(22-9-14-27(15-10-22)45-19-21-6-4-3-5-7-21)40(33(43)32(29)42)34-38-39-35(47-34)46-20-24-8-13-25(36)18-28(24)37/h3-18,30,41H,2,19-20H2,1H3/b31-29-. The van der Waals surface area contributed by atoms with Crippen molar-refractivity contribution in [1.29, 1.82) is 0 Å². The van der Waals surface area contributed by atoms with E-state index in [0.29, 0.717) is 56.0 Å². The van der Waals surface area contributed by atoms with Crippen molar-refractivity contribution in [3.8, 4) is 11.5 Å². The number of hydrogen-bond donors (Lipinski definition) is 1. The number of nitrogens with zero attached hydrogens (tertiary/aromatic N) is 3. The van der Waals surface area contributed by atoms with Gasteiger partial charge in [0, 0.05) is 21.4 Å². The molecule has 1 aliphatic rings. The molecule has 1 saturated heterocycles. The van der Waals surface area contributed by atoms with E-state index in [1.54, 1.807) is 60.7 Å². The van der Waals surface area contributed by atoms with Gasteiger partial charge in [0.15, 0.2) is 4.34 Å². The summed E-state index contributed by atoms with van der Waals surface area (Å²) >= 11 is 14.9. The maximum atomic E-state index is 13.7. The molecule has 2 heterocycles. The van der Waals surface area contributed by atoms with Crippen LogP contribution in [0.4, 0.5) is 5.13 Å². The monoisotopic (exact) mass is 703 g/mol. The molecule has 1 unspecified atom stereocenters. The van der Waals surface area contributed by atoms with Crippen molar-refractivity contribution in [3.63, 3.8) is 0 Å². The van der Waals surface area contributed by atoms with Crippen LogP contribution >= 0.6 is 46.3 Å². The smallest absolute Gasteiger partial charge is 0.301 e. The summed E-state index contributed by atoms with van der Waals surface area (Å²) in [4.78, 5) is 28.6. The van der Waals surface area contributed by atoms with Crippen LogP contribution in [0.15, 0.2) is 107 Å². The number of carbonyl (C=O) groups is 2. The van der Waals surface area contributed by atoms with Crippen molar-refractivity contribution in [1.82, 2.24) is 10.2 Å². The van der Waals surface area contributed by atoms with Gasteiger partial charge in [-0.3, -0.25) is 14.5 Å². The maximum absolute atomic E-state index is 13.7. The number of Topliss-reactive ketones (excluding diaryl/α,β-unsaturated/α-hetero) is 1. The molecule has 238 valence electrons. The molecule has 0 saturated carbocycles. The fourth-order valence-corrected chi connectivity index (χ4v) is 7.43. The average Bonchev–Trinajstić information content (AvgIpc) is 3.65. The summed E-state index contributed by atoms with van der Waals surface area (Å²) in [6.45, 7) is 2.73. The fourth-order valence-electron chi connectivity index (χ4n) is 5.00. The zero-order valence-corrected chi connectivity index (χ0v) is 28.1. The molecule has 6 rings (SSSR count). The molecular formula is C35H27Cl2N3O5S2. The molecule has 1 amide bonds. The van der Waals surface area contributed by atoms with E-state index < -0.39 is 17.7 Å². The molecule has 5 aromatic rings. The van der Waals surface area contributed by atoms with Gasteiger partial charge >= 0.3 is 5.91 Å². The Morgan fingerprint density at radius 1 is 0.915 bits per heavy atom. The van der Waals surface area contributed by atoms with E-state index in [1.165, 1.54) is 28.0 Å². The van der Waals surface area contributed by atoms with Gasteiger partial charge in [0.2, 0.25) is 5.13 Å². The quantitative estimate of drug-likeness (QED) is 0.0479. The van der Waals surface area contributed by atoms with Crippen LogP contribution in [0.3, 0.4) is 0 Å². The lowest BCUT2D eigenvalue weighted by Crippen LogP contribution is -2.29. The molecule has 1 aliphatic heterocycles. The minimum Gasteiger partial charge on any atom is -0.507 e. The van der Waals surface area contributed by atoms with Gasteiger partial charge in [-0.2, -0.15) is 0 Å². The minimum absolute atomic E-state index is 0.0607. The number of benzene rings is 4. The minimum atomic E-state index is -0.971. The number of aliphatic hydroxyl groups is 1. The van der Waals surface area contributed by atoms with Gasteiger partial charge < -0.3 is 14.6 Å². The molecule has 12 heteroatoms. The van der Waals surface area contributed by atoms with Crippen molar-refractivity contribution in [2.24, 2.45) is 0 Å². The van der Waals surface area contributed by atoms with E-state index in [9.17, 15) is 14.7 Å². The number of aliphatic hydroxyl groups excluding tert-OH is 1.